The predicted molar refractivity (Wildman–Crippen MR) is 79.4 cm³/mol. The van der Waals surface area contributed by atoms with Gasteiger partial charge in [-0.3, -0.25) is 4.90 Å². The quantitative estimate of drug-likeness (QED) is 0.348. The molecular weight excluding hydrogens is 206 g/mol. The van der Waals surface area contributed by atoms with E-state index in [4.69, 9.17) is 0 Å². The summed E-state index contributed by atoms with van der Waals surface area (Å²) < 4.78 is 0. The van der Waals surface area contributed by atoms with Crippen molar-refractivity contribution < 1.29 is 0 Å². The molecule has 17 heavy (non-hydrogen) atoms. The van der Waals surface area contributed by atoms with Gasteiger partial charge in [0.25, 0.3) is 0 Å². The zero-order valence-corrected chi connectivity index (χ0v) is 12.0. The average Bonchev–Trinajstić information content (AvgIpc) is 2.33. The summed E-state index contributed by atoms with van der Waals surface area (Å²) in [6.07, 6.45) is 13.3. The van der Waals surface area contributed by atoms with E-state index in [1.54, 1.807) is 0 Å². The molecule has 0 rings (SSSR count). The summed E-state index contributed by atoms with van der Waals surface area (Å²) in [5, 5.41) is 0. The number of unbranched alkanes of at least 4 members (excludes halogenated alkanes) is 3. The van der Waals surface area contributed by atoms with Crippen molar-refractivity contribution in [3.05, 3.63) is 25.3 Å². The molecule has 1 atom stereocenters. The molecule has 0 aromatic carbocycles. The Morgan fingerprint density at radius 3 is 1.88 bits per heavy atom. The summed E-state index contributed by atoms with van der Waals surface area (Å²) in [5.74, 6) is 0. The monoisotopic (exact) mass is 237 g/mol. The summed E-state index contributed by atoms with van der Waals surface area (Å²) in [5.41, 5.74) is 0. The minimum absolute atomic E-state index is 0.720. The molecule has 0 aliphatic rings. The molecule has 0 aromatic heterocycles. The normalized spacial score (nSPS) is 12.6. The number of hydrogen-bond donors (Lipinski definition) is 0. The van der Waals surface area contributed by atoms with E-state index in [1.165, 1.54) is 44.9 Å². The van der Waals surface area contributed by atoms with Gasteiger partial charge in [-0.1, -0.05) is 58.1 Å². The van der Waals surface area contributed by atoms with E-state index in [0.717, 1.165) is 19.1 Å². The van der Waals surface area contributed by atoms with Gasteiger partial charge in [-0.05, 0) is 12.8 Å². The van der Waals surface area contributed by atoms with Gasteiger partial charge in [-0.15, -0.1) is 13.2 Å². The maximum Gasteiger partial charge on any atom is 0.0166 e. The lowest BCUT2D eigenvalue weighted by molar-refractivity contribution is 0.209. The van der Waals surface area contributed by atoms with E-state index in [2.05, 4.69) is 31.9 Å². The average molecular weight is 237 g/mol. The Kier molecular flexibility index (Phi) is 11.5. The molecule has 0 saturated carbocycles. The van der Waals surface area contributed by atoms with Crippen LogP contribution in [0.4, 0.5) is 0 Å². The van der Waals surface area contributed by atoms with Crippen LogP contribution >= 0.6 is 0 Å². The Morgan fingerprint density at radius 2 is 1.41 bits per heavy atom. The fraction of sp³-hybridized carbons (Fsp3) is 0.750. The van der Waals surface area contributed by atoms with Crippen LogP contribution in [-0.4, -0.2) is 24.0 Å². The third kappa shape index (κ3) is 8.20. The number of nitrogens with zero attached hydrogens (tertiary/aromatic N) is 1. The Hall–Kier alpha value is -0.560. The highest BCUT2D eigenvalue weighted by Crippen LogP contribution is 2.16. The van der Waals surface area contributed by atoms with Gasteiger partial charge in [-0.2, -0.15) is 0 Å². The molecule has 0 fully saturated rings. The maximum atomic E-state index is 3.87. The summed E-state index contributed by atoms with van der Waals surface area (Å²) in [7, 11) is 0. The molecule has 1 unspecified atom stereocenters. The van der Waals surface area contributed by atoms with Gasteiger partial charge in [0, 0.05) is 19.1 Å². The highest BCUT2D eigenvalue weighted by molar-refractivity contribution is 4.84. The molecule has 0 aliphatic carbocycles. The van der Waals surface area contributed by atoms with Gasteiger partial charge >= 0.3 is 0 Å². The summed E-state index contributed by atoms with van der Waals surface area (Å²) in [6.45, 7) is 14.3. The van der Waals surface area contributed by atoms with Crippen LogP contribution in [0.25, 0.3) is 0 Å². The Labute approximate surface area is 109 Å². The lowest BCUT2D eigenvalue weighted by Crippen LogP contribution is -2.35. The molecule has 0 aliphatic heterocycles. The van der Waals surface area contributed by atoms with Crippen molar-refractivity contribution in [2.75, 3.05) is 13.1 Å². The lowest BCUT2D eigenvalue weighted by Gasteiger charge is -2.30. The van der Waals surface area contributed by atoms with E-state index in [1.807, 2.05) is 12.2 Å². The molecule has 100 valence electrons. The van der Waals surface area contributed by atoms with Crippen molar-refractivity contribution in [3.8, 4) is 0 Å². The van der Waals surface area contributed by atoms with Crippen LogP contribution in [0.1, 0.15) is 58.8 Å². The van der Waals surface area contributed by atoms with Gasteiger partial charge in [0.15, 0.2) is 0 Å². The molecule has 0 aromatic rings. The van der Waals surface area contributed by atoms with Crippen molar-refractivity contribution in [1.29, 1.82) is 0 Å². The van der Waals surface area contributed by atoms with E-state index < -0.39 is 0 Å². The van der Waals surface area contributed by atoms with Crippen molar-refractivity contribution in [2.45, 2.75) is 64.8 Å². The Bertz CT molecular complexity index is 176. The fourth-order valence-corrected chi connectivity index (χ4v) is 2.28. The van der Waals surface area contributed by atoms with E-state index >= 15 is 0 Å². The fourth-order valence-electron chi connectivity index (χ4n) is 2.28. The SMILES string of the molecule is C=CCN(CC=C)C(CCCC)CCCCC. The molecule has 0 amide bonds. The molecule has 1 heteroatoms. The van der Waals surface area contributed by atoms with E-state index in [-0.39, 0.29) is 0 Å². The zero-order valence-electron chi connectivity index (χ0n) is 12.0. The lowest BCUT2D eigenvalue weighted by atomic mass is 10.0. The molecule has 0 heterocycles. The van der Waals surface area contributed by atoms with Crippen LogP contribution in [0.3, 0.4) is 0 Å². The highest BCUT2D eigenvalue weighted by Gasteiger charge is 2.15. The molecular formula is C16H31N. The van der Waals surface area contributed by atoms with Crippen LogP contribution in [0.5, 0.6) is 0 Å². The number of rotatable bonds is 12. The van der Waals surface area contributed by atoms with Crippen molar-refractivity contribution >= 4 is 0 Å². The van der Waals surface area contributed by atoms with Crippen LogP contribution < -0.4 is 0 Å². The molecule has 0 saturated heterocycles. The van der Waals surface area contributed by atoms with Gasteiger partial charge in [0.1, 0.15) is 0 Å². The highest BCUT2D eigenvalue weighted by atomic mass is 15.1. The first-order chi connectivity index (χ1) is 8.29. The van der Waals surface area contributed by atoms with E-state index in [0.29, 0.717) is 0 Å². The van der Waals surface area contributed by atoms with Crippen LogP contribution in [0.15, 0.2) is 25.3 Å². The van der Waals surface area contributed by atoms with Crippen molar-refractivity contribution in [1.82, 2.24) is 4.90 Å². The molecule has 0 spiro atoms. The van der Waals surface area contributed by atoms with Crippen LogP contribution in [0.2, 0.25) is 0 Å². The summed E-state index contributed by atoms with van der Waals surface area (Å²) >= 11 is 0. The second kappa shape index (κ2) is 11.9. The molecule has 0 radical (unpaired) electrons. The smallest absolute Gasteiger partial charge is 0.0166 e. The van der Waals surface area contributed by atoms with Crippen molar-refractivity contribution in [2.24, 2.45) is 0 Å². The largest absolute Gasteiger partial charge is 0.293 e. The molecule has 0 bridgehead atoms. The summed E-state index contributed by atoms with van der Waals surface area (Å²) in [6, 6.07) is 0.720. The standard InChI is InChI=1S/C16H31N/c1-5-9-11-13-16(12-10-6-2)17(14-7-3)15-8-4/h7-8,16H,3-6,9-15H2,1-2H3. The first-order valence-electron chi connectivity index (χ1n) is 7.25. The minimum Gasteiger partial charge on any atom is -0.293 e. The molecule has 1 nitrogen and oxygen atoms in total. The first kappa shape index (κ1) is 16.4. The van der Waals surface area contributed by atoms with Crippen LogP contribution in [0, 0.1) is 0 Å². The van der Waals surface area contributed by atoms with E-state index in [9.17, 15) is 0 Å². The Balaban J connectivity index is 4.24. The topological polar surface area (TPSA) is 3.24 Å². The second-order valence-corrected chi connectivity index (χ2v) is 4.82. The third-order valence-corrected chi connectivity index (χ3v) is 3.28. The minimum atomic E-state index is 0.720. The first-order valence-corrected chi connectivity index (χ1v) is 7.25. The zero-order chi connectivity index (χ0) is 12.9. The predicted octanol–water partition coefficient (Wildman–Crippen LogP) is 4.80. The maximum absolute atomic E-state index is 3.87. The Morgan fingerprint density at radius 1 is 0.882 bits per heavy atom. The number of hydrogen-bond acceptors (Lipinski definition) is 1. The second-order valence-electron chi connectivity index (χ2n) is 4.82. The van der Waals surface area contributed by atoms with Gasteiger partial charge < -0.3 is 0 Å². The van der Waals surface area contributed by atoms with Crippen molar-refractivity contribution in [3.63, 3.8) is 0 Å². The summed E-state index contributed by atoms with van der Waals surface area (Å²) in [4.78, 5) is 2.52. The van der Waals surface area contributed by atoms with Gasteiger partial charge in [-0.25, -0.2) is 0 Å². The molecule has 0 N–H and O–H groups in total. The van der Waals surface area contributed by atoms with Gasteiger partial charge in [0.2, 0.25) is 0 Å². The van der Waals surface area contributed by atoms with Crippen LogP contribution in [-0.2, 0) is 0 Å². The van der Waals surface area contributed by atoms with Gasteiger partial charge in [0.05, 0.1) is 0 Å². The third-order valence-electron chi connectivity index (χ3n) is 3.28.